The standard InChI is InChI=1S/C22H26ClN3O4/c1-21(2)12-26(8-9-29-21)19(27)15-11-13-10-14(23)17-16(18(13)30-15)22(25-20(28)24-17)6-4-3-5-7-22/h10-11H,3-9,12H2,1-2H3,(H2,24,25,28). The molecule has 1 aromatic carbocycles. The number of urea groups is 1. The molecule has 3 aliphatic rings. The Kier molecular flexibility index (Phi) is 4.52. The first-order valence-electron chi connectivity index (χ1n) is 10.6. The second-order valence-electron chi connectivity index (χ2n) is 9.19. The molecule has 2 aliphatic heterocycles. The summed E-state index contributed by atoms with van der Waals surface area (Å²) in [7, 11) is 0. The maximum Gasteiger partial charge on any atom is 0.319 e. The normalized spacial score (nSPS) is 22.5. The molecule has 1 aliphatic carbocycles. The van der Waals surface area contributed by atoms with E-state index in [1.54, 1.807) is 17.0 Å². The van der Waals surface area contributed by atoms with Gasteiger partial charge in [0.1, 0.15) is 5.58 Å². The van der Waals surface area contributed by atoms with Crippen molar-refractivity contribution in [3.05, 3.63) is 28.5 Å². The van der Waals surface area contributed by atoms with Crippen molar-refractivity contribution in [1.82, 2.24) is 10.2 Å². The third-order valence-corrected chi connectivity index (χ3v) is 6.76. The number of nitrogens with one attached hydrogen (secondary N) is 2. The molecule has 0 radical (unpaired) electrons. The number of fused-ring (bicyclic) bond motifs is 4. The summed E-state index contributed by atoms with van der Waals surface area (Å²) in [5.74, 6) is 0.132. The zero-order valence-corrected chi connectivity index (χ0v) is 18.0. The predicted molar refractivity (Wildman–Crippen MR) is 114 cm³/mol. The minimum absolute atomic E-state index is 0.155. The fourth-order valence-corrected chi connectivity index (χ4v) is 5.39. The van der Waals surface area contributed by atoms with Crippen molar-refractivity contribution in [2.45, 2.75) is 57.1 Å². The fourth-order valence-electron chi connectivity index (χ4n) is 5.13. The van der Waals surface area contributed by atoms with E-state index in [-0.39, 0.29) is 23.3 Å². The number of carbonyl (C=O) groups excluding carboxylic acids is 2. The van der Waals surface area contributed by atoms with Crippen molar-refractivity contribution < 1.29 is 18.7 Å². The average Bonchev–Trinajstić information content (AvgIpc) is 3.10. The number of ether oxygens (including phenoxy) is 1. The summed E-state index contributed by atoms with van der Waals surface area (Å²) >= 11 is 6.57. The number of amides is 3. The number of anilines is 1. The van der Waals surface area contributed by atoms with E-state index < -0.39 is 5.54 Å². The van der Waals surface area contributed by atoms with Gasteiger partial charge in [0, 0.05) is 24.0 Å². The Labute approximate surface area is 180 Å². The molecule has 8 heteroatoms. The Morgan fingerprint density at radius 3 is 2.70 bits per heavy atom. The van der Waals surface area contributed by atoms with Crippen LogP contribution in [0.5, 0.6) is 0 Å². The van der Waals surface area contributed by atoms with E-state index in [1.807, 2.05) is 13.8 Å². The highest BCUT2D eigenvalue weighted by atomic mass is 35.5. The van der Waals surface area contributed by atoms with Gasteiger partial charge in [-0.2, -0.15) is 0 Å². The molecule has 1 aromatic heterocycles. The van der Waals surface area contributed by atoms with E-state index in [0.29, 0.717) is 36.0 Å². The monoisotopic (exact) mass is 431 g/mol. The quantitative estimate of drug-likeness (QED) is 0.689. The fraction of sp³-hybridized carbons (Fsp3) is 0.545. The summed E-state index contributed by atoms with van der Waals surface area (Å²) in [6.45, 7) is 5.48. The van der Waals surface area contributed by atoms with Crippen LogP contribution in [0.2, 0.25) is 5.02 Å². The number of benzene rings is 1. The second-order valence-corrected chi connectivity index (χ2v) is 9.60. The number of hydrogen-bond donors (Lipinski definition) is 2. The Balaban J connectivity index is 1.61. The van der Waals surface area contributed by atoms with Gasteiger partial charge in [-0.3, -0.25) is 4.79 Å². The Morgan fingerprint density at radius 1 is 1.20 bits per heavy atom. The molecule has 2 aromatic rings. The summed E-state index contributed by atoms with van der Waals surface area (Å²) in [6, 6.07) is 3.28. The lowest BCUT2D eigenvalue weighted by Crippen LogP contribution is -2.52. The Morgan fingerprint density at radius 2 is 1.97 bits per heavy atom. The van der Waals surface area contributed by atoms with Crippen LogP contribution in [0, 0.1) is 0 Å². The molecule has 3 amide bonds. The number of halogens is 1. The lowest BCUT2D eigenvalue weighted by molar-refractivity contribution is -0.0768. The van der Waals surface area contributed by atoms with E-state index in [2.05, 4.69) is 10.6 Å². The van der Waals surface area contributed by atoms with Crippen LogP contribution in [0.3, 0.4) is 0 Å². The maximum atomic E-state index is 13.2. The highest BCUT2D eigenvalue weighted by molar-refractivity contribution is 6.35. The van der Waals surface area contributed by atoms with Crippen molar-refractivity contribution in [1.29, 1.82) is 0 Å². The first-order chi connectivity index (χ1) is 14.3. The lowest BCUT2D eigenvalue weighted by atomic mass is 9.74. The van der Waals surface area contributed by atoms with Crippen LogP contribution in [-0.2, 0) is 10.3 Å². The third kappa shape index (κ3) is 3.15. The largest absolute Gasteiger partial charge is 0.450 e. The van der Waals surface area contributed by atoms with Crippen LogP contribution in [0.4, 0.5) is 10.5 Å². The van der Waals surface area contributed by atoms with Crippen LogP contribution in [0.25, 0.3) is 11.0 Å². The Bertz CT molecular complexity index is 1040. The highest BCUT2D eigenvalue weighted by Crippen LogP contribution is 2.49. The summed E-state index contributed by atoms with van der Waals surface area (Å²) in [6.07, 6.45) is 4.82. The van der Waals surface area contributed by atoms with Gasteiger partial charge in [-0.05, 0) is 38.8 Å². The van der Waals surface area contributed by atoms with Gasteiger partial charge in [0.25, 0.3) is 5.91 Å². The molecule has 0 bridgehead atoms. The summed E-state index contributed by atoms with van der Waals surface area (Å²) in [4.78, 5) is 27.3. The molecule has 0 unspecified atom stereocenters. The lowest BCUT2D eigenvalue weighted by Gasteiger charge is -2.42. The smallest absolute Gasteiger partial charge is 0.319 e. The van der Waals surface area contributed by atoms with Crippen LogP contribution in [0.1, 0.15) is 62.1 Å². The summed E-state index contributed by atoms with van der Waals surface area (Å²) < 4.78 is 11.9. The highest BCUT2D eigenvalue weighted by Gasteiger charge is 2.44. The predicted octanol–water partition coefficient (Wildman–Crippen LogP) is 4.63. The molecule has 1 saturated heterocycles. The van der Waals surface area contributed by atoms with Gasteiger partial charge in [-0.15, -0.1) is 0 Å². The molecular formula is C22H26ClN3O4. The van der Waals surface area contributed by atoms with Crippen molar-refractivity contribution >= 4 is 40.2 Å². The average molecular weight is 432 g/mol. The second kappa shape index (κ2) is 6.89. The van der Waals surface area contributed by atoms with Crippen LogP contribution >= 0.6 is 11.6 Å². The minimum Gasteiger partial charge on any atom is -0.450 e. The van der Waals surface area contributed by atoms with Crippen molar-refractivity contribution in [2.24, 2.45) is 0 Å². The molecular weight excluding hydrogens is 406 g/mol. The van der Waals surface area contributed by atoms with Crippen molar-refractivity contribution in [3.8, 4) is 0 Å². The number of nitrogens with zero attached hydrogens (tertiary/aromatic N) is 1. The molecule has 2 fully saturated rings. The molecule has 7 nitrogen and oxygen atoms in total. The third-order valence-electron chi connectivity index (χ3n) is 6.46. The summed E-state index contributed by atoms with van der Waals surface area (Å²) in [5, 5.41) is 7.23. The number of furan rings is 1. The van der Waals surface area contributed by atoms with Gasteiger partial charge in [-0.25, -0.2) is 4.79 Å². The molecule has 160 valence electrons. The van der Waals surface area contributed by atoms with E-state index in [0.717, 1.165) is 43.1 Å². The van der Waals surface area contributed by atoms with Crippen LogP contribution < -0.4 is 10.6 Å². The van der Waals surface area contributed by atoms with Gasteiger partial charge in [0.05, 0.1) is 28.5 Å². The first-order valence-corrected chi connectivity index (χ1v) is 10.9. The molecule has 5 rings (SSSR count). The van der Waals surface area contributed by atoms with Gasteiger partial charge >= 0.3 is 6.03 Å². The number of rotatable bonds is 1. The van der Waals surface area contributed by atoms with Crippen molar-refractivity contribution in [2.75, 3.05) is 25.0 Å². The zero-order valence-electron chi connectivity index (χ0n) is 17.3. The molecule has 3 heterocycles. The van der Waals surface area contributed by atoms with Gasteiger partial charge in [0.2, 0.25) is 0 Å². The van der Waals surface area contributed by atoms with E-state index in [9.17, 15) is 9.59 Å². The van der Waals surface area contributed by atoms with E-state index in [4.69, 9.17) is 20.8 Å². The van der Waals surface area contributed by atoms with Crippen LogP contribution in [0.15, 0.2) is 16.5 Å². The van der Waals surface area contributed by atoms with Crippen LogP contribution in [-0.4, -0.2) is 42.1 Å². The van der Waals surface area contributed by atoms with Gasteiger partial charge < -0.3 is 24.7 Å². The summed E-state index contributed by atoms with van der Waals surface area (Å²) in [5.41, 5.74) is 1.18. The molecule has 1 saturated carbocycles. The molecule has 30 heavy (non-hydrogen) atoms. The number of morpholine rings is 1. The minimum atomic E-state index is -0.516. The molecule has 0 atom stereocenters. The zero-order chi connectivity index (χ0) is 21.1. The van der Waals surface area contributed by atoms with E-state index >= 15 is 0 Å². The number of hydrogen-bond acceptors (Lipinski definition) is 4. The maximum absolute atomic E-state index is 13.2. The topological polar surface area (TPSA) is 83.8 Å². The van der Waals surface area contributed by atoms with Gasteiger partial charge in [-0.1, -0.05) is 30.9 Å². The molecule has 2 N–H and O–H groups in total. The number of carbonyl (C=O) groups is 2. The van der Waals surface area contributed by atoms with E-state index in [1.165, 1.54) is 0 Å². The SMILES string of the molecule is CC1(C)CN(C(=O)c2cc3cc(Cl)c4c(c3o2)C2(CCCCC2)NC(=O)N4)CCO1. The first kappa shape index (κ1) is 19.7. The Hall–Kier alpha value is -2.25. The van der Waals surface area contributed by atoms with Crippen molar-refractivity contribution in [3.63, 3.8) is 0 Å². The van der Waals surface area contributed by atoms with Gasteiger partial charge in [0.15, 0.2) is 5.76 Å². The molecule has 1 spiro atoms.